The second-order valence-electron chi connectivity index (χ2n) is 8.41. The molecule has 0 aliphatic carbocycles. The predicted molar refractivity (Wildman–Crippen MR) is 126 cm³/mol. The van der Waals surface area contributed by atoms with Gasteiger partial charge >= 0.3 is 0 Å². The Morgan fingerprint density at radius 2 is 1.65 bits per heavy atom. The molecular formula is C25H32N4O2. The summed E-state index contributed by atoms with van der Waals surface area (Å²) in [5.41, 5.74) is 3.99. The fourth-order valence-electron chi connectivity index (χ4n) is 3.57. The monoisotopic (exact) mass is 420 g/mol. The minimum atomic E-state index is -0.394. The van der Waals surface area contributed by atoms with E-state index in [1.807, 2.05) is 63.2 Å². The average Bonchev–Trinajstić information content (AvgIpc) is 2.97. The van der Waals surface area contributed by atoms with E-state index in [2.05, 4.69) is 43.4 Å². The molecule has 0 bridgehead atoms. The molecular weight excluding hydrogens is 388 g/mol. The van der Waals surface area contributed by atoms with Crippen molar-refractivity contribution in [3.8, 4) is 5.69 Å². The number of amides is 1. The molecule has 1 aromatic heterocycles. The molecule has 1 atom stereocenters. The first-order valence-corrected chi connectivity index (χ1v) is 10.6. The van der Waals surface area contributed by atoms with Crippen LogP contribution in [0.15, 0.2) is 59.4 Å². The van der Waals surface area contributed by atoms with Gasteiger partial charge in [-0.1, -0.05) is 56.3 Å². The Kier molecular flexibility index (Phi) is 6.81. The molecule has 1 heterocycles. The Labute approximate surface area is 184 Å². The van der Waals surface area contributed by atoms with E-state index in [-0.39, 0.29) is 11.5 Å². The molecule has 3 rings (SSSR count). The van der Waals surface area contributed by atoms with E-state index in [1.54, 1.807) is 9.36 Å². The van der Waals surface area contributed by atoms with Crippen molar-refractivity contribution in [2.75, 3.05) is 12.4 Å². The van der Waals surface area contributed by atoms with Crippen LogP contribution in [0.25, 0.3) is 5.69 Å². The fourth-order valence-corrected chi connectivity index (χ4v) is 3.57. The van der Waals surface area contributed by atoms with Gasteiger partial charge in [-0.2, -0.15) is 0 Å². The number of anilines is 1. The van der Waals surface area contributed by atoms with Gasteiger partial charge in [0.25, 0.3) is 5.56 Å². The number of para-hydroxylation sites is 1. The molecule has 0 aliphatic rings. The Hall–Kier alpha value is -3.12. The second-order valence-corrected chi connectivity index (χ2v) is 8.41. The minimum absolute atomic E-state index is 0.202. The SMILES string of the molecule is Cc1c(NC(=O)C(C)N(C)Cc2ccc(C(C)C)cc2)c(=O)n(-c2ccccc2)n1C. The molecule has 1 unspecified atom stereocenters. The van der Waals surface area contributed by atoms with Gasteiger partial charge in [-0.25, -0.2) is 4.68 Å². The van der Waals surface area contributed by atoms with Gasteiger partial charge in [0.2, 0.25) is 5.91 Å². The van der Waals surface area contributed by atoms with Crippen LogP contribution < -0.4 is 10.9 Å². The highest BCUT2D eigenvalue weighted by molar-refractivity contribution is 5.94. The Morgan fingerprint density at radius 3 is 2.23 bits per heavy atom. The molecule has 6 nitrogen and oxygen atoms in total. The zero-order chi connectivity index (χ0) is 22.7. The molecule has 0 saturated carbocycles. The Morgan fingerprint density at radius 1 is 1.03 bits per heavy atom. The van der Waals surface area contributed by atoms with Crippen LogP contribution in [0.3, 0.4) is 0 Å². The van der Waals surface area contributed by atoms with E-state index in [0.717, 1.165) is 11.3 Å². The number of carbonyl (C=O) groups is 1. The lowest BCUT2D eigenvalue weighted by Gasteiger charge is -2.24. The lowest BCUT2D eigenvalue weighted by atomic mass is 10.0. The van der Waals surface area contributed by atoms with Gasteiger partial charge in [0.05, 0.1) is 17.4 Å². The maximum Gasteiger partial charge on any atom is 0.295 e. The summed E-state index contributed by atoms with van der Waals surface area (Å²) < 4.78 is 3.33. The number of likely N-dealkylation sites (N-methyl/N-ethyl adjacent to an activating group) is 1. The summed E-state index contributed by atoms with van der Waals surface area (Å²) in [4.78, 5) is 27.9. The Bertz CT molecular complexity index is 1100. The molecule has 0 fully saturated rings. The van der Waals surface area contributed by atoms with Crippen molar-refractivity contribution in [2.45, 2.75) is 46.2 Å². The highest BCUT2D eigenvalue weighted by Gasteiger charge is 2.23. The van der Waals surface area contributed by atoms with Crippen molar-refractivity contribution in [3.63, 3.8) is 0 Å². The average molecular weight is 421 g/mol. The van der Waals surface area contributed by atoms with E-state index in [1.165, 1.54) is 5.56 Å². The van der Waals surface area contributed by atoms with E-state index >= 15 is 0 Å². The normalized spacial score (nSPS) is 12.4. The molecule has 0 radical (unpaired) electrons. The van der Waals surface area contributed by atoms with Crippen LogP contribution in [0, 0.1) is 6.92 Å². The van der Waals surface area contributed by atoms with Gasteiger partial charge in [0, 0.05) is 13.6 Å². The van der Waals surface area contributed by atoms with Crippen molar-refractivity contribution in [2.24, 2.45) is 7.05 Å². The zero-order valence-electron chi connectivity index (χ0n) is 19.2. The Balaban J connectivity index is 1.74. The summed E-state index contributed by atoms with van der Waals surface area (Å²) in [7, 11) is 3.73. The van der Waals surface area contributed by atoms with Gasteiger partial charge < -0.3 is 5.32 Å². The van der Waals surface area contributed by atoms with Gasteiger partial charge in [0.15, 0.2) is 0 Å². The third kappa shape index (κ3) is 4.80. The number of hydrogen-bond donors (Lipinski definition) is 1. The largest absolute Gasteiger partial charge is 0.319 e. The summed E-state index contributed by atoms with van der Waals surface area (Å²) in [6, 6.07) is 17.5. The van der Waals surface area contributed by atoms with Crippen LogP contribution in [0.4, 0.5) is 5.69 Å². The number of aromatic nitrogens is 2. The van der Waals surface area contributed by atoms with Gasteiger partial charge in [-0.05, 0) is 50.1 Å². The molecule has 0 aliphatic heterocycles. The van der Waals surface area contributed by atoms with Crippen LogP contribution in [0.5, 0.6) is 0 Å². The molecule has 2 aromatic carbocycles. The maximum absolute atomic E-state index is 13.0. The minimum Gasteiger partial charge on any atom is -0.319 e. The van der Waals surface area contributed by atoms with E-state index in [9.17, 15) is 9.59 Å². The molecule has 0 spiro atoms. The topological polar surface area (TPSA) is 59.3 Å². The maximum atomic E-state index is 13.0. The first kappa shape index (κ1) is 22.6. The van der Waals surface area contributed by atoms with Crippen molar-refractivity contribution in [1.82, 2.24) is 14.3 Å². The summed E-state index contributed by atoms with van der Waals surface area (Å²) in [5.74, 6) is 0.290. The molecule has 3 aromatic rings. The van der Waals surface area contributed by atoms with Crippen LogP contribution in [-0.2, 0) is 18.4 Å². The first-order chi connectivity index (χ1) is 14.7. The van der Waals surface area contributed by atoms with Gasteiger partial charge in [-0.3, -0.25) is 19.2 Å². The van der Waals surface area contributed by atoms with Crippen molar-refractivity contribution in [1.29, 1.82) is 0 Å². The fraction of sp³-hybridized carbons (Fsp3) is 0.360. The molecule has 164 valence electrons. The van der Waals surface area contributed by atoms with Crippen LogP contribution in [0.1, 0.15) is 43.5 Å². The number of hydrogen-bond acceptors (Lipinski definition) is 3. The third-order valence-corrected chi connectivity index (χ3v) is 5.92. The summed E-state index contributed by atoms with van der Waals surface area (Å²) in [6.45, 7) is 8.68. The number of carbonyl (C=O) groups excluding carboxylic acids is 1. The highest BCUT2D eigenvalue weighted by Crippen LogP contribution is 2.17. The number of rotatable bonds is 7. The number of nitrogens with zero attached hydrogens (tertiary/aromatic N) is 3. The van der Waals surface area contributed by atoms with Crippen molar-refractivity contribution in [3.05, 3.63) is 81.8 Å². The van der Waals surface area contributed by atoms with E-state index in [0.29, 0.717) is 23.8 Å². The molecule has 6 heteroatoms. The zero-order valence-corrected chi connectivity index (χ0v) is 19.2. The van der Waals surface area contributed by atoms with E-state index in [4.69, 9.17) is 0 Å². The summed E-state index contributed by atoms with van der Waals surface area (Å²) in [5, 5.41) is 2.87. The van der Waals surface area contributed by atoms with Crippen molar-refractivity contribution >= 4 is 11.6 Å². The smallest absolute Gasteiger partial charge is 0.295 e. The summed E-state index contributed by atoms with van der Waals surface area (Å²) >= 11 is 0. The van der Waals surface area contributed by atoms with Crippen LogP contribution >= 0.6 is 0 Å². The molecule has 0 saturated heterocycles. The second kappa shape index (κ2) is 9.35. The number of nitrogens with one attached hydrogen (secondary N) is 1. The first-order valence-electron chi connectivity index (χ1n) is 10.6. The standard InChI is InChI=1S/C25H32N4O2/c1-17(2)21-14-12-20(13-15-21)16-27(5)19(4)24(30)26-23-18(3)28(6)29(25(23)31)22-10-8-7-9-11-22/h7-15,17,19H,16H2,1-6H3,(H,26,30). The third-order valence-electron chi connectivity index (χ3n) is 5.92. The molecule has 1 amide bonds. The van der Waals surface area contributed by atoms with Gasteiger partial charge in [0.1, 0.15) is 5.69 Å². The lowest BCUT2D eigenvalue weighted by Crippen LogP contribution is -2.40. The molecule has 31 heavy (non-hydrogen) atoms. The van der Waals surface area contributed by atoms with E-state index < -0.39 is 6.04 Å². The van der Waals surface area contributed by atoms with Crippen LogP contribution in [-0.4, -0.2) is 33.3 Å². The highest BCUT2D eigenvalue weighted by atomic mass is 16.2. The quantitative estimate of drug-likeness (QED) is 0.627. The molecule has 1 N–H and O–H groups in total. The van der Waals surface area contributed by atoms with Crippen LogP contribution in [0.2, 0.25) is 0 Å². The lowest BCUT2D eigenvalue weighted by molar-refractivity contribution is -0.120. The predicted octanol–water partition coefficient (Wildman–Crippen LogP) is 4.07. The van der Waals surface area contributed by atoms with Gasteiger partial charge in [-0.15, -0.1) is 0 Å². The summed E-state index contributed by atoms with van der Waals surface area (Å²) in [6.07, 6.45) is 0. The van der Waals surface area contributed by atoms with Crippen molar-refractivity contribution < 1.29 is 4.79 Å². The number of benzene rings is 2.